The minimum absolute atomic E-state index is 0. The first-order valence-electron chi connectivity index (χ1n) is 34.7. The molecule has 3 atom stereocenters. The number of aryl methyl sites for hydroxylation is 2. The SMILES string of the molecule is CCOC(=O)CC(c1ccccc1)N1CCc2cc(Oc3cccc(NC)c3[N+](=O)[O-])ccc2C1=O.CCOC(=O)CC(c1ccccc1)N1CCc2cc(Oc3cccc4c3nc(N)n4C)ccc2C1=O.Cn1c(N)nc2c(Oc3ccc4c(c3)CCN(C(CC(=O)O)c3ccccc3)C4=O)cccc21.[H+]. The van der Waals surface area contributed by atoms with Crippen LogP contribution in [0.4, 0.5) is 23.3 Å². The van der Waals surface area contributed by atoms with Gasteiger partial charge in [-0.1, -0.05) is 109 Å². The number of carbonyl (C=O) groups is 6. The number of amides is 3. The average Bonchev–Trinajstić information content (AvgIpc) is 1.58. The number of benzene rings is 9. The molecule has 11 aromatic rings. The van der Waals surface area contributed by atoms with Gasteiger partial charge in [-0.2, -0.15) is 0 Å². The molecule has 542 valence electrons. The van der Waals surface area contributed by atoms with Crippen molar-refractivity contribution >= 4 is 81.0 Å². The Kier molecular flexibility index (Phi) is 22.3. The van der Waals surface area contributed by atoms with Crippen LogP contribution >= 0.6 is 0 Å². The maximum atomic E-state index is 13.6. The number of nitro groups is 1. The van der Waals surface area contributed by atoms with Crippen LogP contribution in [0.2, 0.25) is 0 Å². The summed E-state index contributed by atoms with van der Waals surface area (Å²) in [5, 5.41) is 23.9. The number of imidazole rings is 2. The van der Waals surface area contributed by atoms with Gasteiger partial charge in [0, 0.05) is 57.5 Å². The third-order valence-corrected chi connectivity index (χ3v) is 18.9. The predicted octanol–water partition coefficient (Wildman–Crippen LogP) is 14.0. The first-order valence-corrected chi connectivity index (χ1v) is 34.7. The van der Waals surface area contributed by atoms with Crippen LogP contribution in [0.25, 0.3) is 22.1 Å². The number of nitrogen functional groups attached to an aromatic ring is 2. The second-order valence-electron chi connectivity index (χ2n) is 25.4. The number of fused-ring (bicyclic) bond motifs is 5. The molecule has 0 saturated heterocycles. The molecule has 0 aliphatic carbocycles. The molecule has 6 N–H and O–H groups in total. The van der Waals surface area contributed by atoms with Crippen molar-refractivity contribution in [1.29, 1.82) is 0 Å². The van der Waals surface area contributed by atoms with E-state index in [0.717, 1.165) is 44.4 Å². The van der Waals surface area contributed by atoms with Crippen molar-refractivity contribution < 1.29 is 63.9 Å². The number of nitro benzene ring substituents is 1. The molecule has 3 aliphatic heterocycles. The second-order valence-corrected chi connectivity index (χ2v) is 25.4. The Balaban J connectivity index is 0.000000159. The predicted molar refractivity (Wildman–Crippen MR) is 400 cm³/mol. The number of esters is 2. The highest BCUT2D eigenvalue weighted by molar-refractivity contribution is 5.99. The molecule has 0 radical (unpaired) electrons. The van der Waals surface area contributed by atoms with E-state index in [2.05, 4.69) is 15.3 Å². The van der Waals surface area contributed by atoms with E-state index in [9.17, 15) is 44.0 Å². The highest BCUT2D eigenvalue weighted by atomic mass is 16.6. The lowest BCUT2D eigenvalue weighted by Gasteiger charge is -2.35. The van der Waals surface area contributed by atoms with Crippen LogP contribution in [-0.4, -0.2) is 119 Å². The molecule has 0 saturated carbocycles. The fourth-order valence-electron chi connectivity index (χ4n) is 13.7. The topological polar surface area (TPSA) is 321 Å². The number of aliphatic carboxylic acids is 1. The Bertz CT molecular complexity index is 5120. The van der Waals surface area contributed by atoms with Crippen LogP contribution < -0.4 is 31.0 Å². The number of carboxylic acids is 1. The molecule has 25 nitrogen and oxygen atoms in total. The van der Waals surface area contributed by atoms with E-state index in [-0.39, 0.29) is 68.4 Å². The minimum atomic E-state index is -0.944. The van der Waals surface area contributed by atoms with Crippen LogP contribution in [0, 0.1) is 10.1 Å². The van der Waals surface area contributed by atoms with Crippen molar-refractivity contribution in [2.45, 2.75) is 70.5 Å². The molecule has 9 aromatic carbocycles. The highest BCUT2D eigenvalue weighted by Crippen LogP contribution is 2.41. The van der Waals surface area contributed by atoms with Crippen molar-refractivity contribution in [2.75, 3.05) is 56.7 Å². The van der Waals surface area contributed by atoms with Crippen molar-refractivity contribution in [3.8, 4) is 34.5 Å². The number of carboxylic acid groups (broad SMARTS) is 1. The van der Waals surface area contributed by atoms with E-state index < -0.39 is 29.0 Å². The van der Waals surface area contributed by atoms with Gasteiger partial charge in [-0.3, -0.25) is 38.9 Å². The molecule has 106 heavy (non-hydrogen) atoms. The zero-order valence-electron chi connectivity index (χ0n) is 60.0. The molecule has 3 amide bonds. The molecule has 25 heteroatoms. The van der Waals surface area contributed by atoms with Gasteiger partial charge in [0.25, 0.3) is 17.7 Å². The number of anilines is 3. The summed E-state index contributed by atoms with van der Waals surface area (Å²) >= 11 is 0. The van der Waals surface area contributed by atoms with Gasteiger partial charge in [0.2, 0.25) is 17.6 Å². The summed E-state index contributed by atoms with van der Waals surface area (Å²) < 4.78 is 32.1. The number of nitrogens with one attached hydrogen (secondary N) is 1. The van der Waals surface area contributed by atoms with Gasteiger partial charge >= 0.3 is 25.0 Å². The van der Waals surface area contributed by atoms with E-state index in [1.807, 2.05) is 158 Å². The highest BCUT2D eigenvalue weighted by Gasteiger charge is 2.37. The third kappa shape index (κ3) is 15.9. The Morgan fingerprint density at radius 2 is 0.858 bits per heavy atom. The van der Waals surface area contributed by atoms with Crippen LogP contribution in [-0.2, 0) is 57.2 Å². The number of hydrogen-bond donors (Lipinski definition) is 4. The average molecular weight is 1430 g/mol. The fraction of sp³-hybridized carbons (Fsp3) is 0.235. The number of nitrogens with zero attached hydrogens (tertiary/aromatic N) is 8. The van der Waals surface area contributed by atoms with E-state index in [1.54, 1.807) is 94.8 Å². The quantitative estimate of drug-likeness (QED) is 0.0278. The Morgan fingerprint density at radius 1 is 0.509 bits per heavy atom. The van der Waals surface area contributed by atoms with Gasteiger partial charge in [-0.15, -0.1) is 0 Å². The van der Waals surface area contributed by atoms with E-state index in [0.29, 0.717) is 120 Å². The number of carbonyl (C=O) groups excluding carboxylic acids is 5. The lowest BCUT2D eigenvalue weighted by atomic mass is 9.94. The Hall–Kier alpha value is -13.1. The first-order chi connectivity index (χ1) is 51.3. The van der Waals surface area contributed by atoms with Gasteiger partial charge in [0.1, 0.15) is 34.0 Å². The molecular weight excluding hydrogens is 1350 g/mol. The maximum Gasteiger partial charge on any atom is 1.00 e. The Labute approximate surface area is 612 Å². The molecule has 0 bridgehead atoms. The molecular formula is C81H80N11O14+. The van der Waals surface area contributed by atoms with Crippen molar-refractivity contribution in [2.24, 2.45) is 14.1 Å². The third-order valence-electron chi connectivity index (χ3n) is 18.9. The summed E-state index contributed by atoms with van der Waals surface area (Å²) in [6.45, 7) is 5.42. The molecule has 3 unspecified atom stereocenters. The van der Waals surface area contributed by atoms with E-state index >= 15 is 0 Å². The largest absolute Gasteiger partial charge is 1.00 e. The smallest absolute Gasteiger partial charge is 0.481 e. The summed E-state index contributed by atoms with van der Waals surface area (Å²) in [6, 6.07) is 59.0. The standard InChI is InChI=1S/C28H28N4O4.C27H27N3O6.C26H24N4O4/c1-3-35-25(33)17-23(18-8-5-4-6-9-18)32-15-14-19-16-20(12-13-21(19)27(32)34)36-24-11-7-10-22-26(24)30-28(29)31(22)2;1-3-35-25(31)17-23(18-8-5-4-6-9-18)29-15-14-19-16-20(12-13-21(19)27(29)32)36-24-11-7-10-22(28-2)26(24)30(33)34;1-29-20-8-5-9-22(24(20)28-26(29)27)34-18-10-11-19-17(14-18)12-13-30(25(19)33)21(15-23(31)32)16-6-3-2-4-7-16/h4-13,16,23H,3,14-15,17H2,1-2H3,(H2,29,30);4-13,16,23,28H,3,14-15,17H2,1-2H3;2-11,14,21H,12-13,15H2,1H3,(H2,27,28)(H,31,32)/p+1. The van der Waals surface area contributed by atoms with Crippen molar-refractivity contribution in [3.63, 3.8) is 0 Å². The maximum absolute atomic E-state index is 13.6. The summed E-state index contributed by atoms with van der Waals surface area (Å²) in [5.41, 5.74) is 22.0. The number of rotatable bonds is 22. The molecule has 2 aromatic heterocycles. The van der Waals surface area contributed by atoms with Gasteiger partial charge < -0.3 is 69.4 Å². The van der Waals surface area contributed by atoms with Crippen LogP contribution in [0.5, 0.6) is 34.5 Å². The number of aromatic nitrogens is 4. The van der Waals surface area contributed by atoms with Gasteiger partial charge in [0.15, 0.2) is 11.5 Å². The zero-order chi connectivity index (χ0) is 74.7. The molecule has 0 fully saturated rings. The lowest BCUT2D eigenvalue weighted by molar-refractivity contribution is -0.384. The van der Waals surface area contributed by atoms with Crippen molar-refractivity contribution in [3.05, 3.63) is 260 Å². The second kappa shape index (κ2) is 32.5. The van der Waals surface area contributed by atoms with E-state index in [1.165, 1.54) is 6.07 Å². The van der Waals surface area contributed by atoms with Crippen LogP contribution in [0.3, 0.4) is 0 Å². The summed E-state index contributed by atoms with van der Waals surface area (Å²) in [4.78, 5) is 102. The summed E-state index contributed by atoms with van der Waals surface area (Å²) in [6.07, 6.45) is 1.81. The number of para-hydroxylation sites is 3. The number of ether oxygens (including phenoxy) is 5. The van der Waals surface area contributed by atoms with E-state index in [4.69, 9.17) is 35.2 Å². The molecule has 14 rings (SSSR count). The molecule has 5 heterocycles. The zero-order valence-corrected chi connectivity index (χ0v) is 59.0. The summed E-state index contributed by atoms with van der Waals surface area (Å²) in [5.74, 6) is 1.61. The van der Waals surface area contributed by atoms with Crippen LogP contribution in [0.1, 0.15) is 117 Å². The lowest BCUT2D eigenvalue weighted by Crippen LogP contribution is -2.41. The van der Waals surface area contributed by atoms with Gasteiger partial charge in [-0.05, 0) is 157 Å². The van der Waals surface area contributed by atoms with Gasteiger partial charge in [-0.25, -0.2) is 9.97 Å². The van der Waals surface area contributed by atoms with Crippen molar-refractivity contribution in [1.82, 2.24) is 33.8 Å². The number of nitrogens with two attached hydrogens (primary N) is 2. The summed E-state index contributed by atoms with van der Waals surface area (Å²) in [7, 11) is 5.31. The monoisotopic (exact) mass is 1430 g/mol. The molecule has 0 spiro atoms. The van der Waals surface area contributed by atoms with Crippen LogP contribution in [0.15, 0.2) is 200 Å². The van der Waals surface area contributed by atoms with Gasteiger partial charge in [0.05, 0.1) is 66.6 Å². The minimum Gasteiger partial charge on any atom is -0.481 e. The normalized spacial score (nSPS) is 13.9. The molecule has 3 aliphatic rings. The first kappa shape index (κ1) is 72.7. The number of hydrogen-bond acceptors (Lipinski definition) is 18. The fourth-order valence-corrected chi connectivity index (χ4v) is 13.7. The Morgan fingerprint density at radius 3 is 1.21 bits per heavy atom.